The molecular formula is C22H22O2. The minimum absolute atomic E-state index is 0.154. The van der Waals surface area contributed by atoms with Crippen LogP contribution in [0.25, 0.3) is 11.1 Å². The normalized spacial score (nSPS) is 13.8. The number of hydrogen-bond donors (Lipinski definition) is 0. The van der Waals surface area contributed by atoms with Crippen LogP contribution in [0.1, 0.15) is 48.9 Å². The fraction of sp³-hybridized carbons (Fsp3) is 0.273. The highest BCUT2D eigenvalue weighted by molar-refractivity contribution is 6.30. The summed E-state index contributed by atoms with van der Waals surface area (Å²) in [5.74, 6) is 0.314. The molecule has 0 bridgehead atoms. The zero-order valence-corrected chi connectivity index (χ0v) is 14.3. The van der Waals surface area contributed by atoms with E-state index in [-0.39, 0.29) is 11.6 Å². The number of ketones is 2. The smallest absolute Gasteiger partial charge is 0.168 e. The maximum absolute atomic E-state index is 12.9. The first-order valence-corrected chi connectivity index (χ1v) is 8.54. The Kier molecular flexibility index (Phi) is 4.75. The molecule has 0 saturated heterocycles. The number of rotatable bonds is 5. The van der Waals surface area contributed by atoms with Crippen molar-refractivity contribution in [3.8, 4) is 0 Å². The van der Waals surface area contributed by atoms with Crippen molar-refractivity contribution in [2.75, 3.05) is 0 Å². The number of fused-ring (bicyclic) bond motifs is 1. The largest absolute Gasteiger partial charge is 0.300 e. The summed E-state index contributed by atoms with van der Waals surface area (Å²) in [4.78, 5) is 24.5. The Morgan fingerprint density at radius 2 is 1.67 bits per heavy atom. The number of aryl methyl sites for hydroxylation is 1. The van der Waals surface area contributed by atoms with Crippen molar-refractivity contribution >= 4 is 22.7 Å². The Hall–Kier alpha value is -2.48. The van der Waals surface area contributed by atoms with Gasteiger partial charge in [-0.15, -0.1) is 0 Å². The molecule has 0 amide bonds. The second kappa shape index (κ2) is 6.96. The molecule has 3 rings (SSSR count). The Labute approximate surface area is 143 Å². The quantitative estimate of drug-likeness (QED) is 0.804. The van der Waals surface area contributed by atoms with Crippen molar-refractivity contribution in [2.24, 2.45) is 0 Å². The molecule has 1 aliphatic rings. The molecule has 0 N–H and O–H groups in total. The first-order valence-electron chi connectivity index (χ1n) is 8.54. The molecule has 2 aromatic rings. The third-order valence-corrected chi connectivity index (χ3v) is 4.67. The van der Waals surface area contributed by atoms with E-state index in [2.05, 4.69) is 19.1 Å². The summed E-state index contributed by atoms with van der Waals surface area (Å²) >= 11 is 0. The molecule has 0 heterocycles. The van der Waals surface area contributed by atoms with Gasteiger partial charge in [-0.3, -0.25) is 4.79 Å². The Bertz CT molecular complexity index is 827. The highest BCUT2D eigenvalue weighted by Crippen LogP contribution is 2.38. The highest BCUT2D eigenvalue weighted by Gasteiger charge is 2.27. The van der Waals surface area contributed by atoms with Crippen LogP contribution < -0.4 is 0 Å². The molecule has 0 unspecified atom stereocenters. The van der Waals surface area contributed by atoms with Gasteiger partial charge in [-0.05, 0) is 47.6 Å². The summed E-state index contributed by atoms with van der Waals surface area (Å²) in [5.41, 5.74) is 6.24. The van der Waals surface area contributed by atoms with E-state index in [0.29, 0.717) is 19.3 Å². The van der Waals surface area contributed by atoms with Crippen LogP contribution >= 0.6 is 0 Å². The highest BCUT2D eigenvalue weighted by atomic mass is 16.1. The molecule has 24 heavy (non-hydrogen) atoms. The lowest BCUT2D eigenvalue weighted by Gasteiger charge is -2.24. The molecule has 2 nitrogen and oxygen atoms in total. The molecule has 0 aliphatic heterocycles. The van der Waals surface area contributed by atoms with Crippen LogP contribution in [0, 0.1) is 0 Å². The van der Waals surface area contributed by atoms with Crippen LogP contribution in [-0.2, 0) is 22.4 Å². The molecule has 122 valence electrons. The van der Waals surface area contributed by atoms with Crippen LogP contribution in [0.4, 0.5) is 0 Å². The third kappa shape index (κ3) is 3.09. The van der Waals surface area contributed by atoms with Crippen LogP contribution in [0.15, 0.2) is 48.5 Å². The minimum Gasteiger partial charge on any atom is -0.300 e. The van der Waals surface area contributed by atoms with Gasteiger partial charge in [-0.25, -0.2) is 0 Å². The van der Waals surface area contributed by atoms with Gasteiger partial charge in [0.05, 0.1) is 0 Å². The predicted octanol–water partition coefficient (Wildman–Crippen LogP) is 4.65. The maximum atomic E-state index is 12.9. The monoisotopic (exact) mass is 318 g/mol. The lowest BCUT2D eigenvalue weighted by atomic mass is 9.78. The minimum atomic E-state index is 0.154. The van der Waals surface area contributed by atoms with E-state index in [1.807, 2.05) is 36.4 Å². The van der Waals surface area contributed by atoms with Gasteiger partial charge in [0, 0.05) is 18.4 Å². The van der Waals surface area contributed by atoms with Gasteiger partial charge in [-0.1, -0.05) is 55.5 Å². The van der Waals surface area contributed by atoms with Gasteiger partial charge in [0.2, 0.25) is 0 Å². The molecule has 0 radical (unpaired) electrons. The average Bonchev–Trinajstić information content (AvgIpc) is 2.59. The van der Waals surface area contributed by atoms with Crippen molar-refractivity contribution in [1.29, 1.82) is 0 Å². The second-order valence-corrected chi connectivity index (χ2v) is 6.32. The number of carbonyl (C=O) groups is 2. The fourth-order valence-corrected chi connectivity index (χ4v) is 3.48. The molecule has 2 aromatic carbocycles. The van der Waals surface area contributed by atoms with Gasteiger partial charge in [-0.2, -0.15) is 0 Å². The first kappa shape index (κ1) is 16.4. The fourth-order valence-electron chi connectivity index (χ4n) is 3.48. The van der Waals surface area contributed by atoms with E-state index >= 15 is 0 Å². The van der Waals surface area contributed by atoms with Gasteiger partial charge in [0.25, 0.3) is 0 Å². The Balaban J connectivity index is 2.23. The van der Waals surface area contributed by atoms with Crippen LogP contribution in [0.3, 0.4) is 0 Å². The standard InChI is InChI=1S/C22H22O2/c1-3-16-8-4-7-11-19(16)22-20(13-12-15(2)23)18-10-6-5-9-17(18)14-21(22)24/h4-11H,3,12-14H2,1-2H3. The van der Waals surface area contributed by atoms with Crippen molar-refractivity contribution in [1.82, 2.24) is 0 Å². The topological polar surface area (TPSA) is 34.1 Å². The zero-order valence-electron chi connectivity index (χ0n) is 14.3. The van der Waals surface area contributed by atoms with Gasteiger partial charge in [0.1, 0.15) is 5.78 Å². The number of carbonyl (C=O) groups excluding carboxylic acids is 2. The van der Waals surface area contributed by atoms with Crippen molar-refractivity contribution in [3.05, 3.63) is 70.8 Å². The summed E-state index contributed by atoms with van der Waals surface area (Å²) in [5, 5.41) is 0. The van der Waals surface area contributed by atoms with E-state index in [1.54, 1.807) is 6.92 Å². The van der Waals surface area contributed by atoms with Gasteiger partial charge in [0.15, 0.2) is 5.78 Å². The van der Waals surface area contributed by atoms with Crippen molar-refractivity contribution in [3.63, 3.8) is 0 Å². The summed E-state index contributed by atoms with van der Waals surface area (Å²) in [6.07, 6.45) is 2.40. The predicted molar refractivity (Wildman–Crippen MR) is 97.7 cm³/mol. The van der Waals surface area contributed by atoms with Crippen molar-refractivity contribution in [2.45, 2.75) is 39.5 Å². The van der Waals surface area contributed by atoms with E-state index in [0.717, 1.165) is 34.3 Å². The van der Waals surface area contributed by atoms with Gasteiger partial charge < -0.3 is 4.79 Å². The van der Waals surface area contributed by atoms with Crippen molar-refractivity contribution < 1.29 is 9.59 Å². The average molecular weight is 318 g/mol. The SMILES string of the molecule is CCc1ccccc1C1=C(CCC(C)=O)c2ccccc2CC1=O. The summed E-state index contributed by atoms with van der Waals surface area (Å²) in [7, 11) is 0. The number of benzene rings is 2. The molecule has 0 aromatic heterocycles. The summed E-state index contributed by atoms with van der Waals surface area (Å²) in [6, 6.07) is 16.2. The van der Waals surface area contributed by atoms with Crippen LogP contribution in [0.5, 0.6) is 0 Å². The first-order chi connectivity index (χ1) is 11.6. The number of Topliss-reactive ketones (excluding diaryl/α,β-unsaturated/α-hetero) is 2. The molecule has 0 saturated carbocycles. The number of allylic oxidation sites excluding steroid dienone is 2. The summed E-state index contributed by atoms with van der Waals surface area (Å²) in [6.45, 7) is 3.71. The van der Waals surface area contributed by atoms with E-state index in [9.17, 15) is 9.59 Å². The van der Waals surface area contributed by atoms with E-state index in [4.69, 9.17) is 0 Å². The zero-order chi connectivity index (χ0) is 17.1. The second-order valence-electron chi connectivity index (χ2n) is 6.32. The summed E-state index contributed by atoms with van der Waals surface area (Å²) < 4.78 is 0. The van der Waals surface area contributed by atoms with E-state index in [1.165, 1.54) is 5.56 Å². The van der Waals surface area contributed by atoms with Gasteiger partial charge >= 0.3 is 0 Å². The molecule has 1 aliphatic carbocycles. The Morgan fingerprint density at radius 1 is 1.00 bits per heavy atom. The van der Waals surface area contributed by atoms with Crippen LogP contribution in [-0.4, -0.2) is 11.6 Å². The maximum Gasteiger partial charge on any atom is 0.168 e. The third-order valence-electron chi connectivity index (χ3n) is 4.67. The molecule has 0 spiro atoms. The molecular weight excluding hydrogens is 296 g/mol. The van der Waals surface area contributed by atoms with E-state index < -0.39 is 0 Å². The lowest BCUT2D eigenvalue weighted by Crippen LogP contribution is -2.16. The van der Waals surface area contributed by atoms with Crippen LogP contribution in [0.2, 0.25) is 0 Å². The number of hydrogen-bond acceptors (Lipinski definition) is 2. The Morgan fingerprint density at radius 3 is 2.38 bits per heavy atom. The molecule has 0 fully saturated rings. The lowest BCUT2D eigenvalue weighted by molar-refractivity contribution is -0.117. The molecule has 2 heteroatoms. The molecule has 0 atom stereocenters.